The van der Waals surface area contributed by atoms with E-state index in [-0.39, 0.29) is 36.5 Å². The van der Waals surface area contributed by atoms with Crippen molar-refractivity contribution in [2.45, 2.75) is 38.6 Å². The van der Waals surface area contributed by atoms with Crippen LogP contribution in [0.2, 0.25) is 0 Å². The van der Waals surface area contributed by atoms with Crippen LogP contribution in [-0.4, -0.2) is 49.3 Å². The number of aromatic nitrogens is 4. The van der Waals surface area contributed by atoms with Gasteiger partial charge >= 0.3 is 0 Å². The molecule has 2 aliphatic heterocycles. The largest absolute Gasteiger partial charge is 0.354 e. The molecular formula is C23H23FN6O2. The predicted octanol–water partition coefficient (Wildman–Crippen LogP) is 3.21. The molecule has 9 heteroatoms. The van der Waals surface area contributed by atoms with E-state index in [1.807, 2.05) is 13.0 Å². The minimum absolute atomic E-state index is 0.0924. The highest BCUT2D eigenvalue weighted by molar-refractivity contribution is 6.02. The number of rotatable bonds is 6. The molecule has 8 nitrogen and oxygen atoms in total. The van der Waals surface area contributed by atoms with Gasteiger partial charge in [-0.1, -0.05) is 0 Å². The van der Waals surface area contributed by atoms with Crippen molar-refractivity contribution in [2.24, 2.45) is 0 Å². The molecule has 32 heavy (non-hydrogen) atoms. The summed E-state index contributed by atoms with van der Waals surface area (Å²) in [5.41, 5.74) is 2.94. The highest BCUT2D eigenvalue weighted by Gasteiger charge is 2.36. The van der Waals surface area contributed by atoms with Gasteiger partial charge in [-0.15, -0.1) is 0 Å². The maximum Gasteiger partial charge on any atom is 0.229 e. The Hall–Kier alpha value is -3.62. The lowest BCUT2D eigenvalue weighted by molar-refractivity contribution is -0.138. The van der Waals surface area contributed by atoms with Gasteiger partial charge in [0.15, 0.2) is 0 Å². The summed E-state index contributed by atoms with van der Waals surface area (Å²) in [6.45, 7) is 2.97. The third kappa shape index (κ3) is 3.53. The maximum atomic E-state index is 13.6. The summed E-state index contributed by atoms with van der Waals surface area (Å²) in [4.78, 5) is 39.7. The molecule has 4 heterocycles. The number of hydrogen-bond donors (Lipinski definition) is 1. The average Bonchev–Trinajstić information content (AvgIpc) is 3.45. The first-order valence-electron chi connectivity index (χ1n) is 10.8. The Labute approximate surface area is 184 Å². The number of carbonyl (C=O) groups excluding carboxylic acids is 2. The van der Waals surface area contributed by atoms with Crippen molar-refractivity contribution in [1.82, 2.24) is 24.4 Å². The molecule has 164 valence electrons. The van der Waals surface area contributed by atoms with Crippen LogP contribution in [0, 0.1) is 5.82 Å². The fourth-order valence-electron chi connectivity index (χ4n) is 4.47. The zero-order valence-electron chi connectivity index (χ0n) is 17.7. The summed E-state index contributed by atoms with van der Waals surface area (Å²) in [6.07, 6.45) is 3.73. The molecule has 0 radical (unpaired) electrons. The number of amides is 2. The Morgan fingerprint density at radius 2 is 1.81 bits per heavy atom. The number of nitrogens with one attached hydrogen (secondary N) is 1. The van der Waals surface area contributed by atoms with Gasteiger partial charge in [0.2, 0.25) is 17.8 Å². The van der Waals surface area contributed by atoms with Crippen molar-refractivity contribution in [3.8, 4) is 22.6 Å². The first kappa shape index (κ1) is 20.3. The van der Waals surface area contributed by atoms with E-state index in [1.54, 1.807) is 18.3 Å². The van der Waals surface area contributed by atoms with Crippen molar-refractivity contribution >= 4 is 17.8 Å². The molecule has 0 spiro atoms. The van der Waals surface area contributed by atoms with E-state index in [4.69, 9.17) is 4.98 Å². The Balaban J connectivity index is 1.62. The fraction of sp³-hybridized carbons (Fsp3) is 0.348. The fourth-order valence-corrected chi connectivity index (χ4v) is 4.47. The van der Waals surface area contributed by atoms with Crippen molar-refractivity contribution in [1.29, 1.82) is 0 Å². The van der Waals surface area contributed by atoms with E-state index in [2.05, 4.69) is 19.9 Å². The number of carbonyl (C=O) groups is 2. The summed E-state index contributed by atoms with van der Waals surface area (Å²) >= 11 is 0. The Bertz CT molecular complexity index is 1170. The van der Waals surface area contributed by atoms with E-state index in [0.717, 1.165) is 29.9 Å². The molecule has 0 unspecified atom stereocenters. The standard InChI is InChI=1S/C23H23FN6O2/c1-2-25-23-26-12-11-17(27-23)22-21(14-3-5-15(24)6-4-14)28-18-8-7-16(30(18)22)13-29-19(31)9-10-20(29)32/h3-6,11-12,16H,2,7-10,13H2,1H3,(H,25,26,27)/t16-/m0/s1. The van der Waals surface area contributed by atoms with E-state index in [0.29, 0.717) is 30.4 Å². The molecule has 1 saturated heterocycles. The Kier molecular flexibility index (Phi) is 5.16. The normalized spacial score (nSPS) is 17.8. The molecule has 0 saturated carbocycles. The summed E-state index contributed by atoms with van der Waals surface area (Å²) in [6, 6.07) is 7.95. The van der Waals surface area contributed by atoms with Gasteiger partial charge in [-0.2, -0.15) is 0 Å². The summed E-state index contributed by atoms with van der Waals surface area (Å²) in [5.74, 6) is 0.806. The summed E-state index contributed by atoms with van der Waals surface area (Å²) in [7, 11) is 0. The molecule has 1 atom stereocenters. The van der Waals surface area contributed by atoms with Gasteiger partial charge in [0, 0.05) is 44.1 Å². The van der Waals surface area contributed by atoms with Crippen LogP contribution in [0.25, 0.3) is 22.6 Å². The zero-order valence-corrected chi connectivity index (χ0v) is 17.7. The quantitative estimate of drug-likeness (QED) is 0.599. The number of imide groups is 1. The van der Waals surface area contributed by atoms with Crippen LogP contribution in [0.1, 0.15) is 38.1 Å². The van der Waals surface area contributed by atoms with Crippen LogP contribution in [-0.2, 0) is 16.0 Å². The van der Waals surface area contributed by atoms with Crippen molar-refractivity contribution < 1.29 is 14.0 Å². The highest BCUT2D eigenvalue weighted by Crippen LogP contribution is 2.40. The second-order valence-electron chi connectivity index (χ2n) is 7.99. The van der Waals surface area contributed by atoms with Gasteiger partial charge in [0.1, 0.15) is 11.6 Å². The second kappa shape index (κ2) is 8.14. The number of hydrogen-bond acceptors (Lipinski definition) is 6. The number of halogens is 1. The van der Waals surface area contributed by atoms with Gasteiger partial charge in [-0.05, 0) is 43.7 Å². The lowest BCUT2D eigenvalue weighted by atomic mass is 10.1. The third-order valence-electron chi connectivity index (χ3n) is 5.95. The number of fused-ring (bicyclic) bond motifs is 1. The van der Waals surface area contributed by atoms with Gasteiger partial charge in [0.25, 0.3) is 0 Å². The predicted molar refractivity (Wildman–Crippen MR) is 116 cm³/mol. The topological polar surface area (TPSA) is 93.0 Å². The lowest BCUT2D eigenvalue weighted by Gasteiger charge is -2.22. The van der Waals surface area contributed by atoms with Crippen LogP contribution in [0.4, 0.5) is 10.3 Å². The summed E-state index contributed by atoms with van der Waals surface area (Å²) in [5, 5.41) is 3.13. The molecule has 1 N–H and O–H groups in total. The minimum atomic E-state index is -0.317. The minimum Gasteiger partial charge on any atom is -0.354 e. The van der Waals surface area contributed by atoms with E-state index in [1.165, 1.54) is 17.0 Å². The molecule has 2 aliphatic rings. The second-order valence-corrected chi connectivity index (χ2v) is 7.99. The van der Waals surface area contributed by atoms with Crippen molar-refractivity contribution in [2.75, 3.05) is 18.4 Å². The molecule has 2 amide bonds. The van der Waals surface area contributed by atoms with Crippen LogP contribution in [0.15, 0.2) is 36.5 Å². The van der Waals surface area contributed by atoms with Crippen LogP contribution < -0.4 is 5.32 Å². The third-order valence-corrected chi connectivity index (χ3v) is 5.95. The average molecular weight is 434 g/mol. The molecule has 0 bridgehead atoms. The molecular weight excluding hydrogens is 411 g/mol. The molecule has 5 rings (SSSR count). The Morgan fingerprint density at radius 3 is 2.53 bits per heavy atom. The van der Waals surface area contributed by atoms with Crippen LogP contribution in [0.5, 0.6) is 0 Å². The number of nitrogens with zero attached hydrogens (tertiary/aromatic N) is 5. The van der Waals surface area contributed by atoms with E-state index in [9.17, 15) is 14.0 Å². The SMILES string of the molecule is CCNc1nccc(-c2c(-c3ccc(F)cc3)nc3n2[C@H](CN2C(=O)CCC2=O)CC3)n1. The molecule has 0 aliphatic carbocycles. The van der Waals surface area contributed by atoms with Gasteiger partial charge in [0.05, 0.1) is 23.1 Å². The van der Waals surface area contributed by atoms with Crippen molar-refractivity contribution in [3.05, 3.63) is 48.2 Å². The number of anilines is 1. The maximum absolute atomic E-state index is 13.6. The smallest absolute Gasteiger partial charge is 0.229 e. The monoisotopic (exact) mass is 434 g/mol. The first-order valence-corrected chi connectivity index (χ1v) is 10.8. The van der Waals surface area contributed by atoms with Crippen LogP contribution >= 0.6 is 0 Å². The highest BCUT2D eigenvalue weighted by atomic mass is 19.1. The number of likely N-dealkylation sites (tertiary alicyclic amines) is 1. The van der Waals surface area contributed by atoms with E-state index < -0.39 is 0 Å². The van der Waals surface area contributed by atoms with Crippen molar-refractivity contribution in [3.63, 3.8) is 0 Å². The Morgan fingerprint density at radius 1 is 1.06 bits per heavy atom. The summed E-state index contributed by atoms with van der Waals surface area (Å²) < 4.78 is 15.7. The zero-order chi connectivity index (χ0) is 22.2. The number of benzene rings is 1. The van der Waals surface area contributed by atoms with Gasteiger partial charge < -0.3 is 9.88 Å². The molecule has 2 aromatic heterocycles. The lowest BCUT2D eigenvalue weighted by Crippen LogP contribution is -2.34. The molecule has 1 fully saturated rings. The molecule has 1 aromatic carbocycles. The molecule has 3 aromatic rings. The van der Waals surface area contributed by atoms with Gasteiger partial charge in [-0.3, -0.25) is 14.5 Å². The number of imidazole rings is 1. The van der Waals surface area contributed by atoms with Gasteiger partial charge in [-0.25, -0.2) is 19.3 Å². The van der Waals surface area contributed by atoms with E-state index >= 15 is 0 Å². The van der Waals surface area contributed by atoms with Crippen LogP contribution in [0.3, 0.4) is 0 Å². The number of aryl methyl sites for hydroxylation is 1. The first-order chi connectivity index (χ1) is 15.5.